The van der Waals surface area contributed by atoms with Crippen molar-refractivity contribution in [3.05, 3.63) is 0 Å². The summed E-state index contributed by atoms with van der Waals surface area (Å²) in [5.41, 5.74) is 0. The maximum Gasteiger partial charge on any atom is 0.406 e. The second-order valence-electron chi connectivity index (χ2n) is 4.81. The lowest BCUT2D eigenvalue weighted by Crippen LogP contribution is -2.54. The quantitative estimate of drug-likeness (QED) is 0.827. The van der Waals surface area contributed by atoms with Gasteiger partial charge in [-0.2, -0.15) is 13.2 Å². The van der Waals surface area contributed by atoms with Crippen LogP contribution in [0.1, 0.15) is 13.8 Å². The molecule has 0 aromatic carbocycles. The predicted molar refractivity (Wildman–Crippen MR) is 60.1 cm³/mol. The largest absolute Gasteiger partial charge is 0.406 e. The second-order valence-corrected chi connectivity index (χ2v) is 4.81. The van der Waals surface area contributed by atoms with Crippen LogP contribution in [0.25, 0.3) is 0 Å². The Balaban J connectivity index is 2.65. The number of nitrogens with zero attached hydrogens (tertiary/aromatic N) is 1. The molecule has 1 saturated heterocycles. The van der Waals surface area contributed by atoms with Gasteiger partial charge in [0.05, 0.1) is 13.2 Å². The first-order valence-electron chi connectivity index (χ1n) is 5.96. The molecule has 0 bridgehead atoms. The van der Waals surface area contributed by atoms with Crippen molar-refractivity contribution in [1.29, 1.82) is 0 Å². The fourth-order valence-corrected chi connectivity index (χ4v) is 1.83. The van der Waals surface area contributed by atoms with Crippen molar-refractivity contribution in [2.24, 2.45) is 5.92 Å². The van der Waals surface area contributed by atoms with E-state index in [9.17, 15) is 18.0 Å². The Morgan fingerprint density at radius 3 is 2.61 bits per heavy atom. The van der Waals surface area contributed by atoms with Crippen molar-refractivity contribution in [3.8, 4) is 0 Å². The summed E-state index contributed by atoms with van der Waals surface area (Å²) in [5.74, 6) is -0.554. The zero-order valence-corrected chi connectivity index (χ0v) is 10.6. The molecule has 1 rings (SSSR count). The van der Waals surface area contributed by atoms with E-state index in [4.69, 9.17) is 4.74 Å². The lowest BCUT2D eigenvalue weighted by molar-refractivity contribution is -0.165. The first-order valence-corrected chi connectivity index (χ1v) is 5.96. The molecule has 1 amide bonds. The number of hydrogen-bond acceptors (Lipinski definition) is 3. The van der Waals surface area contributed by atoms with Crippen LogP contribution in [0.15, 0.2) is 0 Å². The predicted octanol–water partition coefficient (Wildman–Crippen LogP) is 1.02. The van der Waals surface area contributed by atoms with Crippen molar-refractivity contribution in [2.45, 2.75) is 26.1 Å². The summed E-state index contributed by atoms with van der Waals surface area (Å²) in [7, 11) is 0. The fraction of sp³-hybridized carbons (Fsp3) is 0.909. The van der Waals surface area contributed by atoms with E-state index in [0.717, 1.165) is 4.90 Å². The molecule has 1 fully saturated rings. The van der Waals surface area contributed by atoms with E-state index in [1.165, 1.54) is 0 Å². The number of rotatable bonds is 4. The number of nitrogens with one attached hydrogen (secondary N) is 1. The van der Waals surface area contributed by atoms with Crippen LogP contribution in [0.3, 0.4) is 0 Å². The van der Waals surface area contributed by atoms with Crippen molar-refractivity contribution in [3.63, 3.8) is 0 Å². The summed E-state index contributed by atoms with van der Waals surface area (Å²) in [4.78, 5) is 12.9. The van der Waals surface area contributed by atoms with Crippen LogP contribution >= 0.6 is 0 Å². The highest BCUT2D eigenvalue weighted by molar-refractivity contribution is 5.82. The fourth-order valence-electron chi connectivity index (χ4n) is 1.83. The third-order valence-electron chi connectivity index (χ3n) is 2.49. The van der Waals surface area contributed by atoms with E-state index in [1.54, 1.807) is 13.8 Å². The van der Waals surface area contributed by atoms with Crippen LogP contribution in [-0.2, 0) is 9.53 Å². The normalized spacial score (nSPS) is 21.1. The molecule has 4 nitrogen and oxygen atoms in total. The topological polar surface area (TPSA) is 41.6 Å². The highest BCUT2D eigenvalue weighted by Gasteiger charge is 2.36. The molecule has 0 aromatic heterocycles. The van der Waals surface area contributed by atoms with E-state index in [1.807, 2.05) is 0 Å². The van der Waals surface area contributed by atoms with Gasteiger partial charge < -0.3 is 15.0 Å². The van der Waals surface area contributed by atoms with Gasteiger partial charge in [-0.05, 0) is 5.92 Å². The van der Waals surface area contributed by atoms with Gasteiger partial charge in [0.25, 0.3) is 0 Å². The Kier molecular flexibility index (Phi) is 5.40. The average molecular weight is 268 g/mol. The molecule has 7 heteroatoms. The number of halogens is 3. The summed E-state index contributed by atoms with van der Waals surface area (Å²) < 4.78 is 42.4. The number of morpholine rings is 1. The van der Waals surface area contributed by atoms with E-state index in [2.05, 4.69) is 5.32 Å². The molecule has 1 atom stereocenters. The summed E-state index contributed by atoms with van der Waals surface area (Å²) >= 11 is 0. The standard InChI is InChI=1S/C11H19F3N2O2/c1-8(2)5-16(7-11(12,13)14)10(17)9-6-18-4-3-15-9/h8-9,15H,3-7H2,1-2H3. The SMILES string of the molecule is CC(C)CN(CC(F)(F)F)C(=O)C1COCCN1. The Morgan fingerprint density at radius 2 is 2.17 bits per heavy atom. The van der Waals surface area contributed by atoms with Gasteiger partial charge in [0.2, 0.25) is 5.91 Å². The molecule has 0 aromatic rings. The molecule has 1 N–H and O–H groups in total. The zero-order valence-electron chi connectivity index (χ0n) is 10.6. The Bertz CT molecular complexity index is 276. The summed E-state index contributed by atoms with van der Waals surface area (Å²) in [6.45, 7) is 3.54. The van der Waals surface area contributed by atoms with Crippen molar-refractivity contribution in [2.75, 3.05) is 32.8 Å². The number of hydrogen-bond donors (Lipinski definition) is 1. The smallest absolute Gasteiger partial charge is 0.378 e. The van der Waals surface area contributed by atoms with Crippen LogP contribution in [0.5, 0.6) is 0 Å². The van der Waals surface area contributed by atoms with Gasteiger partial charge in [0.1, 0.15) is 12.6 Å². The van der Waals surface area contributed by atoms with E-state index in [0.29, 0.717) is 13.2 Å². The van der Waals surface area contributed by atoms with Crippen LogP contribution in [-0.4, -0.2) is 55.9 Å². The van der Waals surface area contributed by atoms with E-state index < -0.39 is 24.7 Å². The van der Waals surface area contributed by atoms with E-state index in [-0.39, 0.29) is 19.1 Å². The number of ether oxygens (including phenoxy) is 1. The van der Waals surface area contributed by atoms with Crippen LogP contribution < -0.4 is 5.32 Å². The first-order chi connectivity index (χ1) is 8.29. The number of amides is 1. The van der Waals surface area contributed by atoms with Crippen LogP contribution in [0, 0.1) is 5.92 Å². The molecule has 1 heterocycles. The minimum Gasteiger partial charge on any atom is -0.378 e. The number of carbonyl (C=O) groups excluding carboxylic acids is 1. The Labute approximate surface area is 104 Å². The molecule has 0 spiro atoms. The molecule has 1 aliphatic heterocycles. The van der Waals surface area contributed by atoms with Gasteiger partial charge in [0, 0.05) is 13.1 Å². The molecular formula is C11H19F3N2O2. The van der Waals surface area contributed by atoms with Crippen molar-refractivity contribution in [1.82, 2.24) is 10.2 Å². The average Bonchev–Trinajstić information content (AvgIpc) is 2.26. The summed E-state index contributed by atoms with van der Waals surface area (Å²) in [6.07, 6.45) is -4.37. The maximum atomic E-state index is 12.4. The maximum absolute atomic E-state index is 12.4. The van der Waals surface area contributed by atoms with Crippen molar-refractivity contribution < 1.29 is 22.7 Å². The molecule has 18 heavy (non-hydrogen) atoms. The van der Waals surface area contributed by atoms with E-state index >= 15 is 0 Å². The molecule has 0 radical (unpaired) electrons. The zero-order chi connectivity index (χ0) is 13.8. The molecule has 0 aliphatic carbocycles. The monoisotopic (exact) mass is 268 g/mol. The van der Waals surface area contributed by atoms with Gasteiger partial charge in [0.15, 0.2) is 0 Å². The van der Waals surface area contributed by atoms with Crippen LogP contribution in [0.4, 0.5) is 13.2 Å². The second kappa shape index (κ2) is 6.38. The molecule has 106 valence electrons. The van der Waals surface area contributed by atoms with Crippen LogP contribution in [0.2, 0.25) is 0 Å². The third kappa shape index (κ3) is 5.22. The lowest BCUT2D eigenvalue weighted by atomic mass is 10.1. The van der Waals surface area contributed by atoms with Gasteiger partial charge in [-0.3, -0.25) is 4.79 Å². The molecule has 1 unspecified atom stereocenters. The minimum absolute atomic E-state index is 0.0131. The van der Waals surface area contributed by atoms with Gasteiger partial charge in [-0.15, -0.1) is 0 Å². The summed E-state index contributed by atoms with van der Waals surface area (Å²) in [6, 6.07) is -0.667. The number of alkyl halides is 3. The highest BCUT2D eigenvalue weighted by Crippen LogP contribution is 2.18. The molecular weight excluding hydrogens is 249 g/mol. The molecule has 0 saturated carbocycles. The Morgan fingerprint density at radius 1 is 1.50 bits per heavy atom. The van der Waals surface area contributed by atoms with Gasteiger partial charge in [-0.1, -0.05) is 13.8 Å². The Hall–Kier alpha value is -0.820. The van der Waals surface area contributed by atoms with Gasteiger partial charge in [-0.25, -0.2) is 0 Å². The highest BCUT2D eigenvalue weighted by atomic mass is 19.4. The molecule has 1 aliphatic rings. The van der Waals surface area contributed by atoms with Gasteiger partial charge >= 0.3 is 6.18 Å². The number of carbonyl (C=O) groups is 1. The third-order valence-corrected chi connectivity index (χ3v) is 2.49. The lowest BCUT2D eigenvalue weighted by Gasteiger charge is -2.31. The minimum atomic E-state index is -4.37. The summed E-state index contributed by atoms with van der Waals surface area (Å²) in [5, 5.41) is 2.87. The first kappa shape index (κ1) is 15.2. The van der Waals surface area contributed by atoms with Crippen molar-refractivity contribution >= 4 is 5.91 Å².